The molecule has 0 radical (unpaired) electrons. The molecule has 12 aromatic rings. The first-order chi connectivity index (χ1) is 33.7. The maximum atomic E-state index is 6.65. The molecule has 0 aliphatic heterocycles. The molecule has 11 aromatic carbocycles. The van der Waals surface area contributed by atoms with Crippen LogP contribution in [0.4, 0.5) is 17.1 Å². The zero-order valence-corrected chi connectivity index (χ0v) is 37.2. The highest BCUT2D eigenvalue weighted by atomic mass is 16.3. The Bertz CT molecular complexity index is 3890. The molecule has 68 heavy (non-hydrogen) atoms. The number of para-hydroxylation sites is 1. The predicted molar refractivity (Wildman–Crippen MR) is 281 cm³/mol. The average Bonchev–Trinajstić information content (AvgIpc) is 4.04. The quantitative estimate of drug-likeness (QED) is 0.159. The van der Waals surface area contributed by atoms with E-state index in [0.717, 1.165) is 39.0 Å². The summed E-state index contributed by atoms with van der Waals surface area (Å²) < 4.78 is 6.65. The monoisotopic (exact) mass is 865 g/mol. The average molecular weight is 866 g/mol. The van der Waals surface area contributed by atoms with Crippen molar-refractivity contribution >= 4 is 49.8 Å². The lowest BCUT2D eigenvalue weighted by Gasteiger charge is -2.36. The molecule has 2 nitrogen and oxygen atoms in total. The molecule has 2 heteroatoms. The van der Waals surface area contributed by atoms with Crippen molar-refractivity contribution in [2.75, 3.05) is 4.90 Å². The molecule has 0 amide bonds. The second-order valence-electron chi connectivity index (χ2n) is 18.3. The lowest BCUT2D eigenvalue weighted by Crippen LogP contribution is -2.29. The molecule has 2 aliphatic carbocycles. The van der Waals surface area contributed by atoms with Crippen molar-refractivity contribution in [3.05, 3.63) is 305 Å². The van der Waals surface area contributed by atoms with Crippen LogP contribution >= 0.6 is 0 Å². The van der Waals surface area contributed by atoms with Gasteiger partial charge >= 0.3 is 0 Å². The summed E-state index contributed by atoms with van der Waals surface area (Å²) in [6.07, 6.45) is 0. The summed E-state index contributed by atoms with van der Waals surface area (Å²) in [5.41, 5.74) is 18.8. The van der Waals surface area contributed by atoms with Crippen LogP contribution in [0.25, 0.3) is 55.0 Å². The first-order valence-electron chi connectivity index (χ1n) is 23.6. The van der Waals surface area contributed by atoms with Crippen LogP contribution in [0, 0.1) is 0 Å². The fraction of sp³-hybridized carbons (Fsp3) is 0.0303. The summed E-state index contributed by atoms with van der Waals surface area (Å²) in [6.45, 7) is 0. The highest BCUT2D eigenvalue weighted by Crippen LogP contribution is 2.60. The lowest BCUT2D eigenvalue weighted by molar-refractivity contribution is 0.665. The largest absolute Gasteiger partial charge is 0.456 e. The van der Waals surface area contributed by atoms with E-state index >= 15 is 0 Å². The number of hydrogen-bond donors (Lipinski definition) is 0. The zero-order valence-electron chi connectivity index (χ0n) is 37.2. The van der Waals surface area contributed by atoms with Gasteiger partial charge in [0, 0.05) is 27.8 Å². The van der Waals surface area contributed by atoms with Gasteiger partial charge in [-0.2, -0.15) is 0 Å². The fourth-order valence-corrected chi connectivity index (χ4v) is 12.2. The van der Waals surface area contributed by atoms with Crippen LogP contribution < -0.4 is 4.90 Å². The minimum absolute atomic E-state index is 0.545. The molecule has 1 atom stereocenters. The fourth-order valence-electron chi connectivity index (χ4n) is 12.2. The van der Waals surface area contributed by atoms with Crippen molar-refractivity contribution in [1.82, 2.24) is 0 Å². The van der Waals surface area contributed by atoms with Crippen molar-refractivity contribution < 1.29 is 4.42 Å². The van der Waals surface area contributed by atoms with Crippen LogP contribution in [0.3, 0.4) is 0 Å². The predicted octanol–water partition coefficient (Wildman–Crippen LogP) is 16.9. The van der Waals surface area contributed by atoms with Gasteiger partial charge in [-0.1, -0.05) is 212 Å². The van der Waals surface area contributed by atoms with Gasteiger partial charge in [0.2, 0.25) is 0 Å². The van der Waals surface area contributed by atoms with Crippen LogP contribution in [0.1, 0.15) is 44.5 Å². The second kappa shape index (κ2) is 14.9. The van der Waals surface area contributed by atoms with Gasteiger partial charge in [0.1, 0.15) is 11.2 Å². The van der Waals surface area contributed by atoms with Gasteiger partial charge in [0.15, 0.2) is 0 Å². The number of hydrogen-bond acceptors (Lipinski definition) is 2. The summed E-state index contributed by atoms with van der Waals surface area (Å²) in [5.74, 6) is 0. The molecule has 1 unspecified atom stereocenters. The zero-order chi connectivity index (χ0) is 44.8. The van der Waals surface area contributed by atoms with E-state index in [4.69, 9.17) is 4.42 Å². The van der Waals surface area contributed by atoms with Crippen LogP contribution in [0.2, 0.25) is 0 Å². The summed E-state index contributed by atoms with van der Waals surface area (Å²) in [7, 11) is 0. The van der Waals surface area contributed by atoms with Gasteiger partial charge in [-0.15, -0.1) is 0 Å². The van der Waals surface area contributed by atoms with Gasteiger partial charge < -0.3 is 9.32 Å². The summed E-state index contributed by atoms with van der Waals surface area (Å²) >= 11 is 0. The van der Waals surface area contributed by atoms with Crippen molar-refractivity contribution in [3.8, 4) is 22.3 Å². The molecule has 1 heterocycles. The Morgan fingerprint density at radius 2 is 0.706 bits per heavy atom. The van der Waals surface area contributed by atoms with Crippen molar-refractivity contribution in [2.45, 2.75) is 10.8 Å². The molecule has 0 spiro atoms. The van der Waals surface area contributed by atoms with Gasteiger partial charge in [-0.25, -0.2) is 0 Å². The van der Waals surface area contributed by atoms with Gasteiger partial charge in [0.05, 0.1) is 10.8 Å². The molecule has 0 bridgehead atoms. The van der Waals surface area contributed by atoms with Crippen molar-refractivity contribution in [2.24, 2.45) is 0 Å². The second-order valence-corrected chi connectivity index (χ2v) is 18.3. The lowest BCUT2D eigenvalue weighted by atomic mass is 9.67. The Morgan fingerprint density at radius 1 is 0.265 bits per heavy atom. The Hall–Kier alpha value is -8.72. The smallest absolute Gasteiger partial charge is 0.135 e. The number of rotatable bonds is 7. The van der Waals surface area contributed by atoms with E-state index in [9.17, 15) is 0 Å². The third kappa shape index (κ3) is 5.40. The van der Waals surface area contributed by atoms with E-state index in [1.807, 2.05) is 6.07 Å². The molecule has 0 fully saturated rings. The van der Waals surface area contributed by atoms with E-state index in [2.05, 4.69) is 260 Å². The normalized spacial score (nSPS) is 15.2. The SMILES string of the molecule is c1ccc(C2(c3ccccc3)c3ccccc3-c3ccc(N(c4ccc5c(c4)C(c4ccccc4)(c4ccc6c(c4)oc4ccccc46)c4ccccc4-5)c4ccc5ccccc5c4)cc32)cc1. The van der Waals surface area contributed by atoms with Crippen molar-refractivity contribution in [1.29, 1.82) is 0 Å². The van der Waals surface area contributed by atoms with E-state index < -0.39 is 10.8 Å². The number of nitrogens with zero attached hydrogens (tertiary/aromatic N) is 1. The van der Waals surface area contributed by atoms with E-state index in [1.165, 1.54) is 77.5 Å². The first kappa shape index (κ1) is 38.5. The molecular formula is C66H43NO. The minimum Gasteiger partial charge on any atom is -0.456 e. The van der Waals surface area contributed by atoms with Gasteiger partial charge in [-0.3, -0.25) is 0 Å². The Labute approximate surface area is 395 Å². The standard InChI is InChI=1S/C66H43NO/c1-4-20-46(21-5-1)65(47-22-6-2-7-23-47)59-29-15-12-26-53(59)55-38-35-51(42-61(55)65)67(50-34-32-44-18-10-11-19-45(44)40-50)52-36-39-56-54-27-13-16-30-60(54)66(62(56)43-52,48-24-8-3-9-25-48)49-33-37-58-57-28-14-17-31-63(57)68-64(58)41-49/h1-43H. The minimum atomic E-state index is -0.652. The van der Waals surface area contributed by atoms with E-state index in [1.54, 1.807) is 0 Å². The molecule has 0 saturated carbocycles. The van der Waals surface area contributed by atoms with Crippen LogP contribution in [-0.2, 0) is 10.8 Å². The third-order valence-electron chi connectivity index (χ3n) is 15.0. The highest BCUT2D eigenvalue weighted by Gasteiger charge is 2.48. The molecule has 14 rings (SSSR count). The van der Waals surface area contributed by atoms with Gasteiger partial charge in [-0.05, 0) is 126 Å². The highest BCUT2D eigenvalue weighted by molar-refractivity contribution is 6.05. The van der Waals surface area contributed by atoms with E-state index in [-0.39, 0.29) is 0 Å². The van der Waals surface area contributed by atoms with Crippen LogP contribution in [0.5, 0.6) is 0 Å². The number of anilines is 3. The Balaban J connectivity index is 1.05. The van der Waals surface area contributed by atoms with Gasteiger partial charge in [0.25, 0.3) is 0 Å². The molecule has 2 aliphatic rings. The molecule has 0 saturated heterocycles. The molecular weight excluding hydrogens is 823 g/mol. The third-order valence-corrected chi connectivity index (χ3v) is 15.0. The number of furan rings is 1. The Morgan fingerprint density at radius 3 is 1.31 bits per heavy atom. The topological polar surface area (TPSA) is 16.4 Å². The molecule has 1 aromatic heterocycles. The Kier molecular flexibility index (Phi) is 8.45. The van der Waals surface area contributed by atoms with E-state index in [0.29, 0.717) is 0 Å². The maximum Gasteiger partial charge on any atom is 0.135 e. The van der Waals surface area contributed by atoms with Crippen LogP contribution in [0.15, 0.2) is 265 Å². The maximum absolute atomic E-state index is 6.65. The van der Waals surface area contributed by atoms with Crippen LogP contribution in [-0.4, -0.2) is 0 Å². The molecule has 0 N–H and O–H groups in total. The number of benzene rings is 11. The first-order valence-corrected chi connectivity index (χ1v) is 23.6. The summed E-state index contributed by atoms with van der Waals surface area (Å²) in [6, 6.07) is 96.4. The van der Waals surface area contributed by atoms with Crippen molar-refractivity contribution in [3.63, 3.8) is 0 Å². The number of fused-ring (bicyclic) bond motifs is 10. The summed E-state index contributed by atoms with van der Waals surface area (Å²) in [5, 5.41) is 4.65. The molecule has 318 valence electrons. The summed E-state index contributed by atoms with van der Waals surface area (Å²) in [4.78, 5) is 2.48.